The summed E-state index contributed by atoms with van der Waals surface area (Å²) in [5.74, 6) is -0.0914. The first kappa shape index (κ1) is 20.8. The molecule has 166 valence electrons. The van der Waals surface area contributed by atoms with Crippen LogP contribution in [-0.2, 0) is 15.1 Å². The Morgan fingerprint density at radius 1 is 0.848 bits per heavy atom. The summed E-state index contributed by atoms with van der Waals surface area (Å²) in [6.45, 7) is 0. The van der Waals surface area contributed by atoms with Crippen molar-refractivity contribution in [2.45, 2.75) is 43.2 Å². The lowest BCUT2D eigenvalue weighted by Gasteiger charge is -2.46. The number of hydrogen-bond donors (Lipinski definition) is 2. The summed E-state index contributed by atoms with van der Waals surface area (Å²) < 4.78 is 0.900. The van der Waals surface area contributed by atoms with Crippen molar-refractivity contribution in [3.8, 4) is 0 Å². The molecule has 4 atom stereocenters. The van der Waals surface area contributed by atoms with E-state index in [9.17, 15) is 9.59 Å². The third-order valence-corrected chi connectivity index (χ3v) is 8.41. The summed E-state index contributed by atoms with van der Waals surface area (Å²) >= 11 is 3.61. The van der Waals surface area contributed by atoms with Crippen LogP contribution in [0.2, 0.25) is 0 Å². The molecule has 3 aromatic carbocycles. The van der Waals surface area contributed by atoms with Crippen molar-refractivity contribution < 1.29 is 9.59 Å². The zero-order chi connectivity index (χ0) is 22.6. The number of hydrogen-bond acceptors (Lipinski definition) is 3. The third-order valence-electron chi connectivity index (χ3n) is 7.92. The lowest BCUT2D eigenvalue weighted by atomic mass is 9.53. The molecule has 2 N–H and O–H groups in total. The van der Waals surface area contributed by atoms with Gasteiger partial charge < -0.3 is 5.32 Å². The standard InChI is InChI=1S/C28H25BrN2O2/c29-20-14-15-22-21(17-20)28(26(33)30-22)27(16-8-7-13-23(27)32)24(18-9-3-1-4-10-18)25(31-28)19-11-5-2-6-12-19/h1-6,9-12,14-15,17,24-25,31H,7-8,13,16H2,(H,30,33). The number of Topliss-reactive ketones (excluding diaryl/α,β-unsaturated/α-hetero) is 1. The fraction of sp³-hybridized carbons (Fsp3) is 0.286. The molecule has 2 fully saturated rings. The van der Waals surface area contributed by atoms with E-state index in [0.717, 1.165) is 39.7 Å². The van der Waals surface area contributed by atoms with Crippen LogP contribution in [0.5, 0.6) is 0 Å². The first-order chi connectivity index (χ1) is 16.1. The van der Waals surface area contributed by atoms with Gasteiger partial charge in [-0.1, -0.05) is 83.0 Å². The van der Waals surface area contributed by atoms with E-state index in [1.165, 1.54) is 0 Å². The molecule has 2 aliphatic heterocycles. The quantitative estimate of drug-likeness (QED) is 0.463. The number of anilines is 1. The van der Waals surface area contributed by atoms with Crippen LogP contribution in [-0.4, -0.2) is 11.7 Å². The first-order valence-corrected chi connectivity index (χ1v) is 12.4. The Hall–Kier alpha value is -2.76. The fourth-order valence-corrected chi connectivity index (χ4v) is 7.04. The van der Waals surface area contributed by atoms with Gasteiger partial charge in [0.1, 0.15) is 11.3 Å². The molecule has 2 heterocycles. The van der Waals surface area contributed by atoms with Gasteiger partial charge >= 0.3 is 0 Å². The van der Waals surface area contributed by atoms with E-state index in [2.05, 4.69) is 50.8 Å². The van der Waals surface area contributed by atoms with Crippen molar-refractivity contribution in [1.29, 1.82) is 0 Å². The van der Waals surface area contributed by atoms with Crippen LogP contribution in [0.25, 0.3) is 0 Å². The first-order valence-electron chi connectivity index (χ1n) is 11.6. The van der Waals surface area contributed by atoms with E-state index in [0.29, 0.717) is 12.8 Å². The van der Waals surface area contributed by atoms with Gasteiger partial charge in [0.25, 0.3) is 0 Å². The molecular formula is C28H25BrN2O2. The van der Waals surface area contributed by atoms with Crippen LogP contribution in [0.1, 0.15) is 54.3 Å². The van der Waals surface area contributed by atoms with Crippen LogP contribution in [0.4, 0.5) is 5.69 Å². The highest BCUT2D eigenvalue weighted by Crippen LogP contribution is 2.67. The summed E-state index contributed by atoms with van der Waals surface area (Å²) in [5.41, 5.74) is 1.86. The van der Waals surface area contributed by atoms with Crippen molar-refractivity contribution in [2.24, 2.45) is 5.41 Å². The molecule has 3 aliphatic rings. The number of ketones is 1. The van der Waals surface area contributed by atoms with Gasteiger partial charge in [-0.15, -0.1) is 0 Å². The van der Waals surface area contributed by atoms with Gasteiger partial charge in [-0.2, -0.15) is 0 Å². The predicted molar refractivity (Wildman–Crippen MR) is 132 cm³/mol. The Kier molecular flexibility index (Phi) is 4.82. The van der Waals surface area contributed by atoms with E-state index >= 15 is 0 Å². The van der Waals surface area contributed by atoms with E-state index in [1.54, 1.807) is 0 Å². The largest absolute Gasteiger partial charge is 0.324 e. The number of fused-ring (bicyclic) bond motifs is 3. The van der Waals surface area contributed by atoms with Crippen molar-refractivity contribution in [2.75, 3.05) is 5.32 Å². The minimum atomic E-state index is -1.12. The zero-order valence-corrected chi connectivity index (χ0v) is 19.8. The van der Waals surface area contributed by atoms with Gasteiger partial charge in [0.2, 0.25) is 5.91 Å². The van der Waals surface area contributed by atoms with Crippen LogP contribution in [0, 0.1) is 5.41 Å². The second kappa shape index (κ2) is 7.64. The molecule has 1 saturated heterocycles. The number of rotatable bonds is 2. The van der Waals surface area contributed by atoms with Gasteiger partial charge in [-0.05, 0) is 42.2 Å². The average Bonchev–Trinajstić information content (AvgIpc) is 3.30. The Bertz CT molecular complexity index is 1250. The minimum absolute atomic E-state index is 0.120. The van der Waals surface area contributed by atoms with Crippen LogP contribution in [0.3, 0.4) is 0 Å². The molecular weight excluding hydrogens is 476 g/mol. The number of benzene rings is 3. The normalized spacial score (nSPS) is 30.6. The lowest BCUT2D eigenvalue weighted by Crippen LogP contribution is -2.59. The van der Waals surface area contributed by atoms with Crippen molar-refractivity contribution in [3.63, 3.8) is 0 Å². The Morgan fingerprint density at radius 3 is 2.24 bits per heavy atom. The van der Waals surface area contributed by atoms with Gasteiger partial charge in [0, 0.05) is 34.1 Å². The van der Waals surface area contributed by atoms with Gasteiger partial charge in [0.05, 0.1) is 5.41 Å². The Labute approximate surface area is 201 Å². The molecule has 4 unspecified atom stereocenters. The highest BCUT2D eigenvalue weighted by atomic mass is 79.9. The summed E-state index contributed by atoms with van der Waals surface area (Å²) in [5, 5.41) is 6.92. The fourth-order valence-electron chi connectivity index (χ4n) is 6.67. The van der Waals surface area contributed by atoms with E-state index in [-0.39, 0.29) is 23.7 Å². The smallest absolute Gasteiger partial charge is 0.250 e. The van der Waals surface area contributed by atoms with Crippen molar-refractivity contribution in [1.82, 2.24) is 5.32 Å². The summed E-state index contributed by atoms with van der Waals surface area (Å²) in [6, 6.07) is 26.2. The van der Waals surface area contributed by atoms with Crippen molar-refractivity contribution in [3.05, 3.63) is 100 Å². The molecule has 4 nitrogen and oxygen atoms in total. The van der Waals surface area contributed by atoms with Gasteiger partial charge in [0.15, 0.2) is 0 Å². The van der Waals surface area contributed by atoms with Gasteiger partial charge in [-0.3, -0.25) is 14.9 Å². The number of nitrogens with one attached hydrogen (secondary N) is 2. The molecule has 5 heteroatoms. The number of carbonyl (C=O) groups excluding carboxylic acids is 2. The van der Waals surface area contributed by atoms with Crippen molar-refractivity contribution >= 4 is 33.3 Å². The second-order valence-electron chi connectivity index (χ2n) is 9.42. The lowest BCUT2D eigenvalue weighted by molar-refractivity contribution is -0.143. The van der Waals surface area contributed by atoms with E-state index in [4.69, 9.17) is 0 Å². The topological polar surface area (TPSA) is 58.2 Å². The highest BCUT2D eigenvalue weighted by Gasteiger charge is 2.73. The molecule has 0 aromatic heterocycles. The van der Waals surface area contributed by atoms with Crippen LogP contribution >= 0.6 is 15.9 Å². The molecule has 33 heavy (non-hydrogen) atoms. The molecule has 0 bridgehead atoms. The Balaban J connectivity index is 1.68. The van der Waals surface area contributed by atoms with Crippen LogP contribution < -0.4 is 10.6 Å². The predicted octanol–water partition coefficient (Wildman–Crippen LogP) is 5.85. The maximum Gasteiger partial charge on any atom is 0.250 e. The number of amides is 1. The average molecular weight is 501 g/mol. The third kappa shape index (κ3) is 2.79. The number of carbonyl (C=O) groups is 2. The minimum Gasteiger partial charge on any atom is -0.324 e. The molecule has 0 radical (unpaired) electrons. The Morgan fingerprint density at radius 2 is 1.55 bits per heavy atom. The summed E-state index contributed by atoms with van der Waals surface area (Å²) in [6.07, 6.45) is 2.99. The van der Waals surface area contributed by atoms with Crippen LogP contribution in [0.15, 0.2) is 83.3 Å². The molecule has 2 spiro atoms. The molecule has 1 amide bonds. The SMILES string of the molecule is O=C1Nc2ccc(Br)cc2C12NC(c1ccccc1)C(c1ccccc1)C21CCCCC1=O. The maximum atomic E-state index is 14.1. The van der Waals surface area contributed by atoms with E-state index in [1.807, 2.05) is 54.6 Å². The monoisotopic (exact) mass is 500 g/mol. The maximum absolute atomic E-state index is 14.1. The second-order valence-corrected chi connectivity index (χ2v) is 10.3. The molecule has 6 rings (SSSR count). The van der Waals surface area contributed by atoms with Gasteiger partial charge in [-0.25, -0.2) is 0 Å². The number of halogens is 1. The summed E-state index contributed by atoms with van der Waals surface area (Å²) in [4.78, 5) is 28.1. The summed E-state index contributed by atoms with van der Waals surface area (Å²) in [7, 11) is 0. The van der Waals surface area contributed by atoms with E-state index < -0.39 is 11.0 Å². The molecule has 1 aliphatic carbocycles. The molecule has 3 aromatic rings. The zero-order valence-electron chi connectivity index (χ0n) is 18.2. The highest BCUT2D eigenvalue weighted by molar-refractivity contribution is 9.10. The molecule has 1 saturated carbocycles.